The van der Waals surface area contributed by atoms with Crippen LogP contribution in [0.1, 0.15) is 414 Å². The van der Waals surface area contributed by atoms with Crippen molar-refractivity contribution >= 4 is 39.5 Å². The van der Waals surface area contributed by atoms with Crippen molar-refractivity contribution in [1.29, 1.82) is 0 Å². The summed E-state index contributed by atoms with van der Waals surface area (Å²) in [6.07, 6.45) is 60.1. The highest BCUT2D eigenvalue weighted by molar-refractivity contribution is 7.47. The van der Waals surface area contributed by atoms with Crippen LogP contribution in [-0.2, 0) is 65.4 Å². The molecule has 0 aliphatic carbocycles. The standard InChI is InChI=1S/C79H154O17P2/c1-7-9-11-13-15-17-18-19-20-21-22-23-24-25-30-33-36-39-45-51-57-63-78(83)95-74(68-90-77(82)62-56-50-44-38-35-32-29-27-26-28-31-34-37-41-47-53-59-71(3)4)69-93-97(85,86)91-65-73(80)66-92-98(87,88)94-70-75(67-89-76(81)61-55-49-43-16-14-12-10-8-2)96-79(84)64-58-52-46-40-42-48-54-60-72(5)6/h71-75,80H,7-70H2,1-6H3,(H,85,86)(H,87,88)/t73-,74-,75-/m1/s1. The summed E-state index contributed by atoms with van der Waals surface area (Å²) in [5.74, 6) is -0.610. The zero-order valence-electron chi connectivity index (χ0n) is 64.1. The Labute approximate surface area is 600 Å². The van der Waals surface area contributed by atoms with E-state index in [1.54, 1.807) is 0 Å². The molecule has 2 unspecified atom stereocenters. The van der Waals surface area contributed by atoms with E-state index in [2.05, 4.69) is 41.5 Å². The fourth-order valence-corrected chi connectivity index (χ4v) is 13.8. The highest BCUT2D eigenvalue weighted by atomic mass is 31.2. The molecule has 0 fully saturated rings. The molecule has 0 rings (SSSR count). The fraction of sp³-hybridized carbons (Fsp3) is 0.949. The second-order valence-corrected chi connectivity index (χ2v) is 32.3. The molecule has 0 aromatic heterocycles. The monoisotopic (exact) mass is 1440 g/mol. The summed E-state index contributed by atoms with van der Waals surface area (Å²) in [6, 6.07) is 0. The average Bonchev–Trinajstić information content (AvgIpc) is 1.11. The van der Waals surface area contributed by atoms with Gasteiger partial charge in [0.2, 0.25) is 0 Å². The number of carbonyl (C=O) groups excluding carboxylic acids is 4. The van der Waals surface area contributed by atoms with E-state index >= 15 is 0 Å². The molecule has 0 bridgehead atoms. The molecule has 3 N–H and O–H groups in total. The van der Waals surface area contributed by atoms with Gasteiger partial charge in [0.25, 0.3) is 0 Å². The summed E-state index contributed by atoms with van der Waals surface area (Å²) in [5.41, 5.74) is 0. The van der Waals surface area contributed by atoms with Gasteiger partial charge in [-0.15, -0.1) is 0 Å². The first-order chi connectivity index (χ1) is 47.4. The molecule has 0 spiro atoms. The fourth-order valence-electron chi connectivity index (χ4n) is 12.2. The lowest BCUT2D eigenvalue weighted by molar-refractivity contribution is -0.161. The van der Waals surface area contributed by atoms with Crippen LogP contribution in [0.5, 0.6) is 0 Å². The molecule has 0 aromatic rings. The van der Waals surface area contributed by atoms with Crippen LogP contribution in [0.4, 0.5) is 0 Å². The number of hydrogen-bond donors (Lipinski definition) is 3. The smallest absolute Gasteiger partial charge is 0.462 e. The number of ether oxygens (including phenoxy) is 4. The number of hydrogen-bond acceptors (Lipinski definition) is 15. The molecule has 0 aromatic carbocycles. The van der Waals surface area contributed by atoms with Gasteiger partial charge in [0.1, 0.15) is 19.3 Å². The summed E-state index contributed by atoms with van der Waals surface area (Å²) >= 11 is 0. The minimum absolute atomic E-state index is 0.104. The number of aliphatic hydroxyl groups excluding tert-OH is 1. The predicted molar refractivity (Wildman–Crippen MR) is 400 cm³/mol. The van der Waals surface area contributed by atoms with Crippen LogP contribution < -0.4 is 0 Å². The van der Waals surface area contributed by atoms with Gasteiger partial charge in [-0.1, -0.05) is 363 Å². The zero-order chi connectivity index (χ0) is 72.1. The van der Waals surface area contributed by atoms with Gasteiger partial charge in [0.15, 0.2) is 12.2 Å². The first-order valence-electron chi connectivity index (χ1n) is 41.0. The molecule has 0 amide bonds. The van der Waals surface area contributed by atoms with E-state index in [0.717, 1.165) is 102 Å². The summed E-state index contributed by atoms with van der Waals surface area (Å²) in [7, 11) is -9.91. The molecule has 0 saturated carbocycles. The highest BCUT2D eigenvalue weighted by Gasteiger charge is 2.30. The minimum Gasteiger partial charge on any atom is -0.462 e. The lowest BCUT2D eigenvalue weighted by Crippen LogP contribution is -2.30. The van der Waals surface area contributed by atoms with Crippen molar-refractivity contribution in [2.75, 3.05) is 39.6 Å². The Morgan fingerprint density at radius 3 is 0.694 bits per heavy atom. The lowest BCUT2D eigenvalue weighted by Gasteiger charge is -2.21. The Morgan fingerprint density at radius 1 is 0.276 bits per heavy atom. The predicted octanol–water partition coefficient (Wildman–Crippen LogP) is 23.5. The molecule has 17 nitrogen and oxygen atoms in total. The third-order valence-corrected chi connectivity index (χ3v) is 20.4. The highest BCUT2D eigenvalue weighted by Crippen LogP contribution is 2.45. The SMILES string of the molecule is CCCCCCCCCCCCCCCCCCCCCCCC(=O)O[C@H](COC(=O)CCCCCCCCCCCCCCCCCCC(C)C)COP(=O)(O)OC[C@@H](O)COP(=O)(O)OC[C@@H](COC(=O)CCCCCCCCCC)OC(=O)CCCCCCCCCC(C)C. The summed E-state index contributed by atoms with van der Waals surface area (Å²) in [4.78, 5) is 72.8. The van der Waals surface area contributed by atoms with Crippen LogP contribution in [0.25, 0.3) is 0 Å². The van der Waals surface area contributed by atoms with E-state index in [9.17, 15) is 43.2 Å². The van der Waals surface area contributed by atoms with Crippen LogP contribution in [-0.4, -0.2) is 96.7 Å². The van der Waals surface area contributed by atoms with Crippen LogP contribution in [0.2, 0.25) is 0 Å². The molecular formula is C79H154O17P2. The van der Waals surface area contributed by atoms with Gasteiger partial charge in [-0.2, -0.15) is 0 Å². The first-order valence-corrected chi connectivity index (χ1v) is 44.0. The van der Waals surface area contributed by atoms with E-state index in [0.29, 0.717) is 31.6 Å². The molecule has 5 atom stereocenters. The number of phosphoric acid groups is 2. The van der Waals surface area contributed by atoms with Gasteiger partial charge < -0.3 is 33.8 Å². The molecule has 0 aliphatic heterocycles. The van der Waals surface area contributed by atoms with Crippen LogP contribution in [0, 0.1) is 11.8 Å². The van der Waals surface area contributed by atoms with Gasteiger partial charge in [-0.3, -0.25) is 37.3 Å². The third kappa shape index (κ3) is 72.4. The van der Waals surface area contributed by atoms with E-state index < -0.39 is 97.5 Å². The van der Waals surface area contributed by atoms with Crippen LogP contribution >= 0.6 is 15.6 Å². The second kappa shape index (κ2) is 70.7. The Bertz CT molecular complexity index is 1890. The number of esters is 4. The maximum Gasteiger partial charge on any atom is 0.472 e. The molecule has 0 aliphatic rings. The van der Waals surface area contributed by atoms with Gasteiger partial charge in [0, 0.05) is 25.7 Å². The number of carbonyl (C=O) groups is 4. The zero-order valence-corrected chi connectivity index (χ0v) is 65.9. The molecule has 19 heteroatoms. The largest absolute Gasteiger partial charge is 0.472 e. The van der Waals surface area contributed by atoms with Crippen LogP contribution in [0.3, 0.4) is 0 Å². The second-order valence-electron chi connectivity index (χ2n) is 29.4. The Balaban J connectivity index is 5.16. The first kappa shape index (κ1) is 96.1. The van der Waals surface area contributed by atoms with Crippen molar-refractivity contribution in [3.8, 4) is 0 Å². The minimum atomic E-state index is -4.96. The van der Waals surface area contributed by atoms with Gasteiger partial charge >= 0.3 is 39.5 Å². The number of unbranched alkanes of at least 4 members (excludes halogenated alkanes) is 48. The molecule has 582 valence electrons. The molecule has 98 heavy (non-hydrogen) atoms. The van der Waals surface area contributed by atoms with Gasteiger partial charge in [-0.05, 0) is 37.5 Å². The van der Waals surface area contributed by atoms with Crippen molar-refractivity contribution in [3.05, 3.63) is 0 Å². The summed E-state index contributed by atoms with van der Waals surface area (Å²) in [6.45, 7) is 9.55. The topological polar surface area (TPSA) is 237 Å². The number of aliphatic hydroxyl groups is 1. The third-order valence-electron chi connectivity index (χ3n) is 18.5. The van der Waals surface area contributed by atoms with E-state index in [1.165, 1.54) is 225 Å². The maximum atomic E-state index is 13.1. The molecular weight excluding hydrogens is 1280 g/mol. The average molecular weight is 1440 g/mol. The van der Waals surface area contributed by atoms with Crippen molar-refractivity contribution in [1.82, 2.24) is 0 Å². The number of rotatable bonds is 78. The molecule has 0 saturated heterocycles. The molecule has 0 heterocycles. The Hall–Kier alpha value is -1.94. The van der Waals surface area contributed by atoms with Crippen molar-refractivity contribution < 1.29 is 80.2 Å². The van der Waals surface area contributed by atoms with E-state index in [4.69, 9.17) is 37.0 Å². The summed E-state index contributed by atoms with van der Waals surface area (Å²) in [5, 5.41) is 10.6. The normalized spacial score (nSPS) is 13.9. The molecule has 0 radical (unpaired) electrons. The summed E-state index contributed by atoms with van der Waals surface area (Å²) < 4.78 is 68.5. The quantitative estimate of drug-likeness (QED) is 0.0222. The lowest BCUT2D eigenvalue weighted by atomic mass is 10.0. The van der Waals surface area contributed by atoms with Crippen molar-refractivity contribution in [2.45, 2.75) is 432 Å². The van der Waals surface area contributed by atoms with E-state index in [-0.39, 0.29) is 25.7 Å². The Kier molecular flexibility index (Phi) is 69.3. The van der Waals surface area contributed by atoms with E-state index in [1.807, 2.05) is 0 Å². The van der Waals surface area contributed by atoms with Crippen molar-refractivity contribution in [3.63, 3.8) is 0 Å². The van der Waals surface area contributed by atoms with Gasteiger partial charge in [0.05, 0.1) is 26.4 Å². The van der Waals surface area contributed by atoms with Gasteiger partial charge in [-0.25, -0.2) is 9.13 Å². The van der Waals surface area contributed by atoms with Crippen LogP contribution in [0.15, 0.2) is 0 Å². The van der Waals surface area contributed by atoms with Crippen molar-refractivity contribution in [2.24, 2.45) is 11.8 Å². The number of phosphoric ester groups is 2. The maximum absolute atomic E-state index is 13.1. The Morgan fingerprint density at radius 2 is 0.469 bits per heavy atom.